The van der Waals surface area contributed by atoms with Gasteiger partial charge in [-0.2, -0.15) is 0 Å². The van der Waals surface area contributed by atoms with Crippen LogP contribution in [-0.4, -0.2) is 98.3 Å². The van der Waals surface area contributed by atoms with Crippen LogP contribution in [0.5, 0.6) is 0 Å². The van der Waals surface area contributed by atoms with E-state index in [4.69, 9.17) is 4.74 Å². The summed E-state index contributed by atoms with van der Waals surface area (Å²) in [6, 6.07) is 0.594. The van der Waals surface area contributed by atoms with Crippen molar-refractivity contribution in [2.75, 3.05) is 65.5 Å². The monoisotopic (exact) mass is 310 g/mol. The summed E-state index contributed by atoms with van der Waals surface area (Å²) in [6.07, 6.45) is 0.314. The number of carbonyl (C=O) groups is 1. The summed E-state index contributed by atoms with van der Waals surface area (Å²) >= 11 is 0. The lowest BCUT2D eigenvalue weighted by Gasteiger charge is -2.41. The molecule has 6 heteroatoms. The second kappa shape index (κ2) is 7.25. The van der Waals surface area contributed by atoms with Crippen LogP contribution in [0, 0.1) is 5.92 Å². The van der Waals surface area contributed by atoms with Gasteiger partial charge in [0.05, 0.1) is 18.6 Å². The Kier molecular flexibility index (Phi) is 5.33. The van der Waals surface area contributed by atoms with Gasteiger partial charge in [-0.1, -0.05) is 0 Å². The largest absolute Gasteiger partial charge is 0.374 e. The smallest absolute Gasteiger partial charge is 0.228 e. The summed E-state index contributed by atoms with van der Waals surface area (Å²) in [5, 5.41) is 3.18. The normalized spacial score (nSPS) is 28.9. The SMILES string of the molecule is CC(C)N1CCOC(CN2CCN(C(=O)C3CNC3)CC2)C1. The van der Waals surface area contributed by atoms with Gasteiger partial charge in [0.2, 0.25) is 5.91 Å². The molecule has 22 heavy (non-hydrogen) atoms. The van der Waals surface area contributed by atoms with E-state index in [1.54, 1.807) is 0 Å². The minimum Gasteiger partial charge on any atom is -0.374 e. The fraction of sp³-hybridized carbons (Fsp3) is 0.938. The Hall–Kier alpha value is -0.690. The predicted octanol–water partition coefficient (Wildman–Crippen LogP) is -0.541. The number of amides is 1. The van der Waals surface area contributed by atoms with E-state index in [1.165, 1.54) is 0 Å². The van der Waals surface area contributed by atoms with Gasteiger partial charge in [-0.15, -0.1) is 0 Å². The van der Waals surface area contributed by atoms with Crippen molar-refractivity contribution in [2.24, 2.45) is 5.92 Å². The minimum atomic E-state index is 0.229. The van der Waals surface area contributed by atoms with Crippen molar-refractivity contribution in [3.05, 3.63) is 0 Å². The van der Waals surface area contributed by atoms with E-state index in [9.17, 15) is 4.79 Å². The molecule has 0 saturated carbocycles. The van der Waals surface area contributed by atoms with Crippen LogP contribution in [0.3, 0.4) is 0 Å². The topological polar surface area (TPSA) is 48.1 Å². The molecule has 0 aromatic carbocycles. The molecule has 3 aliphatic heterocycles. The highest BCUT2D eigenvalue weighted by Crippen LogP contribution is 2.14. The van der Waals surface area contributed by atoms with Gasteiger partial charge in [0.1, 0.15) is 0 Å². The van der Waals surface area contributed by atoms with Gasteiger partial charge in [-0.25, -0.2) is 0 Å². The Morgan fingerprint density at radius 2 is 1.91 bits per heavy atom. The van der Waals surface area contributed by atoms with E-state index in [0.717, 1.165) is 65.5 Å². The molecule has 0 aromatic heterocycles. The first-order valence-electron chi connectivity index (χ1n) is 8.71. The van der Waals surface area contributed by atoms with Gasteiger partial charge in [0.25, 0.3) is 0 Å². The third-order valence-electron chi connectivity index (χ3n) is 5.18. The highest BCUT2D eigenvalue weighted by Gasteiger charge is 2.32. The molecule has 0 bridgehead atoms. The number of piperazine rings is 1. The van der Waals surface area contributed by atoms with Gasteiger partial charge >= 0.3 is 0 Å². The first-order chi connectivity index (χ1) is 10.6. The molecule has 0 radical (unpaired) electrons. The lowest BCUT2D eigenvalue weighted by atomic mass is 10.0. The maximum atomic E-state index is 12.2. The predicted molar refractivity (Wildman–Crippen MR) is 85.8 cm³/mol. The molecule has 0 aliphatic carbocycles. The first-order valence-corrected chi connectivity index (χ1v) is 8.71. The highest BCUT2D eigenvalue weighted by molar-refractivity contribution is 5.80. The van der Waals surface area contributed by atoms with Gasteiger partial charge in [0, 0.05) is 64.9 Å². The molecule has 3 aliphatic rings. The fourth-order valence-corrected chi connectivity index (χ4v) is 3.48. The average molecular weight is 310 g/mol. The Morgan fingerprint density at radius 3 is 2.50 bits per heavy atom. The van der Waals surface area contributed by atoms with Crippen LogP contribution in [0.2, 0.25) is 0 Å². The van der Waals surface area contributed by atoms with E-state index in [0.29, 0.717) is 18.1 Å². The van der Waals surface area contributed by atoms with Gasteiger partial charge in [-0.05, 0) is 13.8 Å². The quantitative estimate of drug-likeness (QED) is 0.756. The zero-order valence-corrected chi connectivity index (χ0v) is 14.0. The van der Waals surface area contributed by atoms with Crippen LogP contribution in [-0.2, 0) is 9.53 Å². The van der Waals surface area contributed by atoms with E-state index >= 15 is 0 Å². The van der Waals surface area contributed by atoms with Crippen LogP contribution in [0.1, 0.15) is 13.8 Å². The van der Waals surface area contributed by atoms with Crippen molar-refractivity contribution in [3.63, 3.8) is 0 Å². The third-order valence-corrected chi connectivity index (χ3v) is 5.18. The second-order valence-electron chi connectivity index (χ2n) is 7.06. The van der Waals surface area contributed by atoms with Crippen molar-refractivity contribution in [1.29, 1.82) is 0 Å². The van der Waals surface area contributed by atoms with Crippen LogP contribution >= 0.6 is 0 Å². The molecule has 3 fully saturated rings. The second-order valence-corrected chi connectivity index (χ2v) is 7.06. The molecular formula is C16H30N4O2. The molecule has 1 amide bonds. The van der Waals surface area contributed by atoms with Crippen molar-refractivity contribution >= 4 is 5.91 Å². The van der Waals surface area contributed by atoms with Crippen LogP contribution in [0.15, 0.2) is 0 Å². The molecule has 0 spiro atoms. The van der Waals surface area contributed by atoms with E-state index in [-0.39, 0.29) is 5.92 Å². The Balaban J connectivity index is 1.41. The first kappa shape index (κ1) is 16.2. The number of morpholine rings is 1. The highest BCUT2D eigenvalue weighted by atomic mass is 16.5. The Labute approximate surface area is 133 Å². The molecule has 1 unspecified atom stereocenters. The molecule has 126 valence electrons. The maximum Gasteiger partial charge on any atom is 0.228 e. The van der Waals surface area contributed by atoms with Crippen molar-refractivity contribution in [2.45, 2.75) is 26.0 Å². The number of nitrogens with zero attached hydrogens (tertiary/aromatic N) is 3. The van der Waals surface area contributed by atoms with Gasteiger partial charge in [-0.3, -0.25) is 14.6 Å². The fourth-order valence-electron chi connectivity index (χ4n) is 3.48. The number of rotatable bonds is 4. The summed E-state index contributed by atoms with van der Waals surface area (Å²) < 4.78 is 5.93. The van der Waals surface area contributed by atoms with Crippen LogP contribution in [0.4, 0.5) is 0 Å². The molecule has 3 rings (SSSR count). The number of hydrogen-bond donors (Lipinski definition) is 1. The van der Waals surface area contributed by atoms with Gasteiger partial charge in [0.15, 0.2) is 0 Å². The summed E-state index contributed by atoms with van der Waals surface area (Å²) in [7, 11) is 0. The van der Waals surface area contributed by atoms with Crippen molar-refractivity contribution in [1.82, 2.24) is 20.0 Å². The summed E-state index contributed by atoms with van der Waals surface area (Å²) in [5.74, 6) is 0.575. The minimum absolute atomic E-state index is 0.229. The zero-order valence-electron chi connectivity index (χ0n) is 14.0. The van der Waals surface area contributed by atoms with E-state index in [1.807, 2.05) is 4.90 Å². The molecule has 3 saturated heterocycles. The Bertz CT molecular complexity index is 378. The van der Waals surface area contributed by atoms with Gasteiger partial charge < -0.3 is 15.0 Å². The molecule has 1 atom stereocenters. The molecule has 6 nitrogen and oxygen atoms in total. The summed E-state index contributed by atoms with van der Waals surface area (Å²) in [5.41, 5.74) is 0. The molecule has 1 N–H and O–H groups in total. The number of ether oxygens (including phenoxy) is 1. The molecular weight excluding hydrogens is 280 g/mol. The van der Waals surface area contributed by atoms with Crippen molar-refractivity contribution in [3.8, 4) is 0 Å². The van der Waals surface area contributed by atoms with E-state index < -0.39 is 0 Å². The Morgan fingerprint density at radius 1 is 1.18 bits per heavy atom. The standard InChI is InChI=1S/C16H30N4O2/c1-13(2)20-7-8-22-15(12-20)11-18-3-5-19(6-4-18)16(21)14-9-17-10-14/h13-15,17H,3-12H2,1-2H3. The summed E-state index contributed by atoms with van der Waals surface area (Å²) in [4.78, 5) is 19.2. The summed E-state index contributed by atoms with van der Waals surface area (Å²) in [6.45, 7) is 13.8. The maximum absolute atomic E-state index is 12.2. The third kappa shape index (κ3) is 3.79. The lowest BCUT2D eigenvalue weighted by molar-refractivity contribution is -0.139. The lowest BCUT2D eigenvalue weighted by Crippen LogP contribution is -2.58. The van der Waals surface area contributed by atoms with E-state index in [2.05, 4.69) is 29.0 Å². The molecule has 0 aromatic rings. The molecule has 3 heterocycles. The van der Waals surface area contributed by atoms with Crippen LogP contribution < -0.4 is 5.32 Å². The average Bonchev–Trinajstić information content (AvgIpc) is 2.46. The van der Waals surface area contributed by atoms with Crippen molar-refractivity contribution < 1.29 is 9.53 Å². The van der Waals surface area contributed by atoms with Crippen LogP contribution in [0.25, 0.3) is 0 Å². The number of carbonyl (C=O) groups excluding carboxylic acids is 1. The zero-order chi connectivity index (χ0) is 15.5. The number of nitrogens with one attached hydrogen (secondary N) is 1. The number of hydrogen-bond acceptors (Lipinski definition) is 5.